The van der Waals surface area contributed by atoms with Crippen molar-refractivity contribution in [1.82, 2.24) is 0 Å². The van der Waals surface area contributed by atoms with Gasteiger partial charge in [-0.15, -0.1) is 0 Å². The summed E-state index contributed by atoms with van der Waals surface area (Å²) in [5, 5.41) is 0. The van der Waals surface area contributed by atoms with Crippen molar-refractivity contribution in [3.8, 4) is 5.75 Å². The first kappa shape index (κ1) is 10.5. The molecule has 0 aliphatic carbocycles. The van der Waals surface area contributed by atoms with E-state index in [4.69, 9.17) is 8.49 Å². The van der Waals surface area contributed by atoms with Gasteiger partial charge in [0, 0.05) is 10.3 Å². The number of rotatable bonds is 5. The van der Waals surface area contributed by atoms with E-state index >= 15 is 0 Å². The minimum absolute atomic E-state index is 0.556. The quantitative estimate of drug-likeness (QED) is 0.559. The van der Waals surface area contributed by atoms with Gasteiger partial charge in [0.25, 0.3) is 0 Å². The van der Waals surface area contributed by atoms with E-state index in [1.807, 2.05) is 25.1 Å². The van der Waals surface area contributed by atoms with Crippen LogP contribution in [0.2, 0.25) is 0 Å². The Morgan fingerprint density at radius 2 is 2.08 bits per heavy atom. The van der Waals surface area contributed by atoms with E-state index in [0.717, 1.165) is 17.8 Å². The van der Waals surface area contributed by atoms with Crippen LogP contribution in [-0.4, -0.2) is 5.75 Å². The van der Waals surface area contributed by atoms with Gasteiger partial charge in [0.05, 0.1) is 12.0 Å². The Morgan fingerprint density at radius 3 is 2.69 bits per heavy atom. The van der Waals surface area contributed by atoms with Crippen LogP contribution in [0, 0.1) is 0 Å². The summed E-state index contributed by atoms with van der Waals surface area (Å²) in [5.41, 5.74) is 0. The number of hydrogen-bond donors (Lipinski definition) is 0. The molecule has 0 aromatic heterocycles. The SMILES string of the molecule is CCSO[P+](=O)Oc1ccccc1. The smallest absolute Gasteiger partial charge is 0.229 e. The Morgan fingerprint density at radius 1 is 1.38 bits per heavy atom. The third kappa shape index (κ3) is 4.27. The number of hydrogen-bond acceptors (Lipinski definition) is 4. The van der Waals surface area contributed by atoms with Crippen LogP contribution in [0.3, 0.4) is 0 Å². The molecule has 1 aromatic carbocycles. The molecule has 0 N–H and O–H groups in total. The van der Waals surface area contributed by atoms with Crippen LogP contribution < -0.4 is 4.52 Å². The maximum absolute atomic E-state index is 11.1. The molecule has 0 saturated heterocycles. The Bertz CT molecular complexity index is 265. The monoisotopic (exact) mass is 217 g/mol. The van der Waals surface area contributed by atoms with E-state index in [1.165, 1.54) is 0 Å². The number of para-hydroxylation sites is 1. The fraction of sp³-hybridized carbons (Fsp3) is 0.250. The molecule has 0 bridgehead atoms. The molecule has 1 atom stereocenters. The summed E-state index contributed by atoms with van der Waals surface area (Å²) in [6.07, 6.45) is 0. The Kier molecular flexibility index (Phi) is 4.83. The zero-order valence-corrected chi connectivity index (χ0v) is 8.88. The van der Waals surface area contributed by atoms with Gasteiger partial charge < -0.3 is 0 Å². The molecule has 0 saturated carbocycles. The Hall–Kier alpha value is -0.570. The fourth-order valence-electron chi connectivity index (χ4n) is 0.678. The molecule has 70 valence electrons. The zero-order chi connectivity index (χ0) is 9.52. The molecule has 13 heavy (non-hydrogen) atoms. The van der Waals surface area contributed by atoms with E-state index in [1.54, 1.807) is 12.1 Å². The van der Waals surface area contributed by atoms with Crippen molar-refractivity contribution in [2.75, 3.05) is 5.75 Å². The van der Waals surface area contributed by atoms with Gasteiger partial charge in [-0.2, -0.15) is 0 Å². The molecule has 5 heteroatoms. The summed E-state index contributed by atoms with van der Waals surface area (Å²) in [7, 11) is -2.05. The van der Waals surface area contributed by atoms with Gasteiger partial charge in [0.2, 0.25) is 0 Å². The summed E-state index contributed by atoms with van der Waals surface area (Å²) >= 11 is 1.13. The Labute approximate surface area is 82.6 Å². The molecule has 1 rings (SSSR count). The second kappa shape index (κ2) is 5.97. The maximum atomic E-state index is 11.1. The number of benzene rings is 1. The molecule has 0 spiro atoms. The molecule has 0 amide bonds. The van der Waals surface area contributed by atoms with Crippen molar-refractivity contribution in [1.29, 1.82) is 0 Å². The largest absolute Gasteiger partial charge is 0.762 e. The van der Waals surface area contributed by atoms with Crippen molar-refractivity contribution >= 4 is 20.3 Å². The van der Waals surface area contributed by atoms with Crippen LogP contribution in [0.15, 0.2) is 30.3 Å². The standard InChI is InChI=1S/C8H10O3PS/c1-2-13-11-12(9)10-8-6-4-3-5-7-8/h3-7H,2H2,1H3/q+1. The highest BCUT2D eigenvalue weighted by Crippen LogP contribution is 2.31. The molecule has 0 radical (unpaired) electrons. The summed E-state index contributed by atoms with van der Waals surface area (Å²) in [6.45, 7) is 1.91. The molecule has 1 unspecified atom stereocenters. The maximum Gasteiger partial charge on any atom is 0.762 e. The lowest BCUT2D eigenvalue weighted by Gasteiger charge is -1.89. The fourth-order valence-corrected chi connectivity index (χ4v) is 1.86. The first-order valence-electron chi connectivity index (χ1n) is 3.82. The van der Waals surface area contributed by atoms with Crippen molar-refractivity contribution < 1.29 is 13.1 Å². The molecule has 0 aliphatic heterocycles. The van der Waals surface area contributed by atoms with Crippen LogP contribution in [0.1, 0.15) is 6.92 Å². The highest BCUT2D eigenvalue weighted by atomic mass is 32.2. The predicted molar refractivity (Wildman–Crippen MR) is 53.9 cm³/mol. The van der Waals surface area contributed by atoms with Gasteiger partial charge in [-0.1, -0.05) is 25.1 Å². The molecular weight excluding hydrogens is 207 g/mol. The van der Waals surface area contributed by atoms with E-state index < -0.39 is 8.25 Å². The topological polar surface area (TPSA) is 35.5 Å². The third-order valence-electron chi connectivity index (χ3n) is 1.15. The summed E-state index contributed by atoms with van der Waals surface area (Å²) in [4.78, 5) is 0. The van der Waals surface area contributed by atoms with Gasteiger partial charge in [-0.05, 0) is 16.1 Å². The van der Waals surface area contributed by atoms with E-state index in [-0.39, 0.29) is 0 Å². The van der Waals surface area contributed by atoms with Crippen molar-refractivity contribution in [2.45, 2.75) is 6.92 Å². The van der Waals surface area contributed by atoms with Gasteiger partial charge in [-0.3, -0.25) is 0 Å². The van der Waals surface area contributed by atoms with Crippen LogP contribution in [0.5, 0.6) is 5.75 Å². The Balaban J connectivity index is 2.37. The highest BCUT2D eigenvalue weighted by molar-refractivity contribution is 7.97. The lowest BCUT2D eigenvalue weighted by molar-refractivity contribution is 0.437. The van der Waals surface area contributed by atoms with Crippen molar-refractivity contribution in [2.24, 2.45) is 0 Å². The van der Waals surface area contributed by atoms with Crippen molar-refractivity contribution in [3.63, 3.8) is 0 Å². The third-order valence-corrected chi connectivity index (χ3v) is 2.66. The van der Waals surface area contributed by atoms with Crippen LogP contribution in [0.25, 0.3) is 0 Å². The molecular formula is C8H10O3PS+. The van der Waals surface area contributed by atoms with E-state index in [0.29, 0.717) is 5.75 Å². The average molecular weight is 217 g/mol. The normalized spacial score (nSPS) is 11.0. The van der Waals surface area contributed by atoms with Crippen LogP contribution in [0.4, 0.5) is 0 Å². The first-order valence-corrected chi connectivity index (χ1v) is 5.83. The second-order valence-corrected chi connectivity index (χ2v) is 4.15. The predicted octanol–water partition coefficient (Wildman–Crippen LogP) is 3.41. The average Bonchev–Trinajstić information content (AvgIpc) is 2.16. The van der Waals surface area contributed by atoms with Gasteiger partial charge in [0.15, 0.2) is 5.75 Å². The first-order chi connectivity index (χ1) is 6.33. The minimum atomic E-state index is -2.05. The summed E-state index contributed by atoms with van der Waals surface area (Å²) < 4.78 is 20.8. The lowest BCUT2D eigenvalue weighted by atomic mass is 10.3. The van der Waals surface area contributed by atoms with Gasteiger partial charge >= 0.3 is 8.25 Å². The van der Waals surface area contributed by atoms with Crippen LogP contribution in [-0.2, 0) is 8.54 Å². The summed E-state index contributed by atoms with van der Waals surface area (Å²) in [6, 6.07) is 8.94. The van der Waals surface area contributed by atoms with E-state index in [9.17, 15) is 4.57 Å². The molecule has 0 aliphatic rings. The van der Waals surface area contributed by atoms with Gasteiger partial charge in [-0.25, -0.2) is 4.52 Å². The van der Waals surface area contributed by atoms with Crippen molar-refractivity contribution in [3.05, 3.63) is 30.3 Å². The second-order valence-electron chi connectivity index (χ2n) is 2.11. The zero-order valence-electron chi connectivity index (χ0n) is 7.17. The molecule has 1 aromatic rings. The molecule has 3 nitrogen and oxygen atoms in total. The summed E-state index contributed by atoms with van der Waals surface area (Å²) in [5.74, 6) is 1.31. The molecule has 0 heterocycles. The lowest BCUT2D eigenvalue weighted by Crippen LogP contribution is -1.81. The van der Waals surface area contributed by atoms with Gasteiger partial charge in [0.1, 0.15) is 0 Å². The molecule has 0 fully saturated rings. The van der Waals surface area contributed by atoms with E-state index in [2.05, 4.69) is 0 Å². The minimum Gasteiger partial charge on any atom is -0.229 e. The van der Waals surface area contributed by atoms with Crippen LogP contribution >= 0.6 is 20.3 Å². The highest BCUT2D eigenvalue weighted by Gasteiger charge is 2.22.